The van der Waals surface area contributed by atoms with Crippen molar-refractivity contribution in [3.05, 3.63) is 53.0 Å². The number of nitrogens with one attached hydrogen (secondary N) is 2. The summed E-state index contributed by atoms with van der Waals surface area (Å²) >= 11 is 1.56. The molecule has 6 nitrogen and oxygen atoms in total. The zero-order chi connectivity index (χ0) is 18.7. The standard InChI is InChI=1S/C18H19N3O3S2/c1-12-3-6-15(7-4-12)26(23,24)19-10-9-18(22)21-14-5-8-16-17(11-14)25-13(2)20-16/h3-8,11,19H,9-10H2,1-2H3,(H,21,22). The monoisotopic (exact) mass is 389 g/mol. The number of hydrogen-bond donors (Lipinski definition) is 2. The van der Waals surface area contributed by atoms with Crippen LogP contribution in [0.5, 0.6) is 0 Å². The molecule has 2 N–H and O–H groups in total. The van der Waals surface area contributed by atoms with Gasteiger partial charge in [-0.25, -0.2) is 18.1 Å². The van der Waals surface area contributed by atoms with Gasteiger partial charge in [0.25, 0.3) is 0 Å². The Morgan fingerprint density at radius 2 is 1.85 bits per heavy atom. The molecule has 0 radical (unpaired) electrons. The number of hydrogen-bond acceptors (Lipinski definition) is 5. The van der Waals surface area contributed by atoms with Gasteiger partial charge in [0.15, 0.2) is 0 Å². The van der Waals surface area contributed by atoms with Gasteiger partial charge in [-0.3, -0.25) is 4.79 Å². The lowest BCUT2D eigenvalue weighted by atomic mass is 10.2. The van der Waals surface area contributed by atoms with Gasteiger partial charge in [0.05, 0.1) is 20.1 Å². The normalized spacial score (nSPS) is 11.6. The van der Waals surface area contributed by atoms with Crippen molar-refractivity contribution in [3.8, 4) is 0 Å². The molecule has 1 aromatic heterocycles. The molecule has 0 fully saturated rings. The molecule has 3 rings (SSSR count). The first-order valence-electron chi connectivity index (χ1n) is 8.07. The molecule has 1 heterocycles. The van der Waals surface area contributed by atoms with E-state index in [9.17, 15) is 13.2 Å². The minimum Gasteiger partial charge on any atom is -0.326 e. The summed E-state index contributed by atoms with van der Waals surface area (Å²) in [7, 11) is -3.61. The molecule has 0 bridgehead atoms. The topological polar surface area (TPSA) is 88.2 Å². The van der Waals surface area contributed by atoms with E-state index in [1.165, 1.54) is 0 Å². The van der Waals surface area contributed by atoms with Crippen LogP contribution in [0.2, 0.25) is 0 Å². The number of rotatable bonds is 6. The maximum Gasteiger partial charge on any atom is 0.240 e. The number of thiazole rings is 1. The highest BCUT2D eigenvalue weighted by Gasteiger charge is 2.14. The van der Waals surface area contributed by atoms with Crippen LogP contribution in [0.25, 0.3) is 10.2 Å². The van der Waals surface area contributed by atoms with E-state index in [2.05, 4.69) is 15.0 Å². The molecule has 0 saturated carbocycles. The van der Waals surface area contributed by atoms with Crippen LogP contribution in [0.3, 0.4) is 0 Å². The van der Waals surface area contributed by atoms with Crippen LogP contribution >= 0.6 is 11.3 Å². The number of amides is 1. The third-order valence-electron chi connectivity index (χ3n) is 3.75. The van der Waals surface area contributed by atoms with Gasteiger partial charge >= 0.3 is 0 Å². The summed E-state index contributed by atoms with van der Waals surface area (Å²) in [5.74, 6) is -0.253. The number of carbonyl (C=O) groups is 1. The van der Waals surface area contributed by atoms with Crippen LogP contribution in [-0.4, -0.2) is 25.9 Å². The van der Waals surface area contributed by atoms with Crippen molar-refractivity contribution in [2.45, 2.75) is 25.2 Å². The fourth-order valence-electron chi connectivity index (χ4n) is 2.44. The number of benzene rings is 2. The predicted octanol–water partition coefficient (Wildman–Crippen LogP) is 3.22. The van der Waals surface area contributed by atoms with Crippen LogP contribution in [0.15, 0.2) is 47.4 Å². The van der Waals surface area contributed by atoms with E-state index in [1.807, 2.05) is 26.0 Å². The van der Waals surface area contributed by atoms with Gasteiger partial charge in [0.2, 0.25) is 15.9 Å². The van der Waals surface area contributed by atoms with Crippen molar-refractivity contribution in [2.75, 3.05) is 11.9 Å². The van der Waals surface area contributed by atoms with E-state index in [4.69, 9.17) is 0 Å². The molecule has 0 atom stereocenters. The smallest absolute Gasteiger partial charge is 0.240 e. The van der Waals surface area contributed by atoms with Crippen LogP contribution in [0.1, 0.15) is 17.0 Å². The van der Waals surface area contributed by atoms with Crippen LogP contribution < -0.4 is 10.0 Å². The Kier molecular flexibility index (Phi) is 5.36. The van der Waals surface area contributed by atoms with Crippen molar-refractivity contribution < 1.29 is 13.2 Å². The van der Waals surface area contributed by atoms with E-state index in [1.54, 1.807) is 41.7 Å². The van der Waals surface area contributed by atoms with E-state index in [-0.39, 0.29) is 23.8 Å². The average Bonchev–Trinajstić information content (AvgIpc) is 2.94. The minimum atomic E-state index is -3.61. The van der Waals surface area contributed by atoms with Gasteiger partial charge in [0, 0.05) is 18.7 Å². The van der Waals surface area contributed by atoms with Crippen molar-refractivity contribution in [2.24, 2.45) is 0 Å². The van der Waals surface area contributed by atoms with E-state index >= 15 is 0 Å². The summed E-state index contributed by atoms with van der Waals surface area (Å²) in [6, 6.07) is 12.1. The maximum atomic E-state index is 12.2. The van der Waals surface area contributed by atoms with Crippen molar-refractivity contribution in [1.29, 1.82) is 0 Å². The molecule has 2 aromatic carbocycles. The number of fused-ring (bicyclic) bond motifs is 1. The maximum absolute atomic E-state index is 12.2. The van der Waals surface area contributed by atoms with Gasteiger partial charge in [-0.05, 0) is 44.2 Å². The molecule has 1 amide bonds. The Hall–Kier alpha value is -2.29. The van der Waals surface area contributed by atoms with Crippen molar-refractivity contribution in [1.82, 2.24) is 9.71 Å². The summed E-state index contributed by atoms with van der Waals surface area (Å²) in [6.45, 7) is 3.85. The van der Waals surface area contributed by atoms with Gasteiger partial charge in [-0.15, -0.1) is 11.3 Å². The molecule has 0 unspecified atom stereocenters. The van der Waals surface area contributed by atoms with Gasteiger partial charge in [0.1, 0.15) is 0 Å². The quantitative estimate of drug-likeness (QED) is 0.677. The molecular formula is C18H19N3O3S2. The summed E-state index contributed by atoms with van der Waals surface area (Å²) in [5, 5.41) is 3.75. The lowest BCUT2D eigenvalue weighted by molar-refractivity contribution is -0.116. The van der Waals surface area contributed by atoms with Crippen molar-refractivity contribution in [3.63, 3.8) is 0 Å². The Labute approximate surface area is 156 Å². The van der Waals surface area contributed by atoms with Gasteiger partial charge < -0.3 is 5.32 Å². The highest BCUT2D eigenvalue weighted by Crippen LogP contribution is 2.24. The summed E-state index contributed by atoms with van der Waals surface area (Å²) in [5.41, 5.74) is 2.56. The number of aromatic nitrogens is 1. The average molecular weight is 390 g/mol. The fraction of sp³-hybridized carbons (Fsp3) is 0.222. The fourth-order valence-corrected chi connectivity index (χ4v) is 4.34. The molecule has 26 heavy (non-hydrogen) atoms. The number of anilines is 1. The van der Waals surface area contributed by atoms with Crippen molar-refractivity contribution >= 4 is 43.2 Å². The molecule has 0 saturated heterocycles. The third-order valence-corrected chi connectivity index (χ3v) is 6.17. The number of aryl methyl sites for hydroxylation is 2. The highest BCUT2D eigenvalue weighted by atomic mass is 32.2. The largest absolute Gasteiger partial charge is 0.326 e. The number of sulfonamides is 1. The van der Waals surface area contributed by atoms with Gasteiger partial charge in [-0.2, -0.15) is 0 Å². The summed E-state index contributed by atoms with van der Waals surface area (Å²) in [6.07, 6.45) is 0.0465. The van der Waals surface area contributed by atoms with Crippen LogP contribution in [0.4, 0.5) is 5.69 Å². The van der Waals surface area contributed by atoms with Gasteiger partial charge in [-0.1, -0.05) is 17.7 Å². The van der Waals surface area contributed by atoms with E-state index in [0.29, 0.717) is 5.69 Å². The zero-order valence-corrected chi connectivity index (χ0v) is 16.1. The summed E-state index contributed by atoms with van der Waals surface area (Å²) in [4.78, 5) is 16.6. The second-order valence-electron chi connectivity index (χ2n) is 5.92. The SMILES string of the molecule is Cc1ccc(S(=O)(=O)NCCC(=O)Nc2ccc3nc(C)sc3c2)cc1. The molecule has 0 aliphatic heterocycles. The second-order valence-corrected chi connectivity index (χ2v) is 8.93. The van der Waals surface area contributed by atoms with E-state index in [0.717, 1.165) is 20.8 Å². The molecule has 8 heteroatoms. The first kappa shape index (κ1) is 18.5. The Balaban J connectivity index is 1.55. The molecule has 0 aliphatic rings. The molecule has 0 aliphatic carbocycles. The molecule has 136 valence electrons. The highest BCUT2D eigenvalue weighted by molar-refractivity contribution is 7.89. The lowest BCUT2D eigenvalue weighted by Gasteiger charge is -2.08. The number of carbonyl (C=O) groups excluding carboxylic acids is 1. The first-order valence-corrected chi connectivity index (χ1v) is 10.4. The second kappa shape index (κ2) is 7.53. The molecule has 3 aromatic rings. The van der Waals surface area contributed by atoms with E-state index < -0.39 is 10.0 Å². The predicted molar refractivity (Wildman–Crippen MR) is 104 cm³/mol. The Bertz CT molecular complexity index is 1040. The van der Waals surface area contributed by atoms with Crippen LogP contribution in [-0.2, 0) is 14.8 Å². The lowest BCUT2D eigenvalue weighted by Crippen LogP contribution is -2.27. The first-order chi connectivity index (χ1) is 12.3. The third kappa shape index (κ3) is 4.46. The summed E-state index contributed by atoms with van der Waals surface area (Å²) < 4.78 is 27.8. The molecule has 0 spiro atoms. The Morgan fingerprint density at radius 3 is 2.58 bits per heavy atom. The minimum absolute atomic E-state index is 0.0317. The van der Waals surface area contributed by atoms with Crippen LogP contribution in [0, 0.1) is 13.8 Å². The number of nitrogens with zero attached hydrogens (tertiary/aromatic N) is 1. The molecular weight excluding hydrogens is 370 g/mol. The zero-order valence-electron chi connectivity index (χ0n) is 14.4. The Morgan fingerprint density at radius 1 is 1.12 bits per heavy atom.